The highest BCUT2D eigenvalue weighted by atomic mass is 16.6. The van der Waals surface area contributed by atoms with Crippen molar-refractivity contribution in [1.82, 2.24) is 14.5 Å². The first-order valence-electron chi connectivity index (χ1n) is 5.63. The van der Waals surface area contributed by atoms with Gasteiger partial charge in [-0.05, 0) is 32.9 Å². The molecule has 0 aromatic carbocycles. The lowest BCUT2D eigenvalue weighted by molar-refractivity contribution is 0.0540. The van der Waals surface area contributed by atoms with Gasteiger partial charge in [-0.1, -0.05) is 0 Å². The van der Waals surface area contributed by atoms with Crippen molar-refractivity contribution in [2.24, 2.45) is 0 Å². The Labute approximate surface area is 105 Å². The van der Waals surface area contributed by atoms with E-state index in [1.807, 2.05) is 26.8 Å². The van der Waals surface area contributed by atoms with E-state index in [4.69, 9.17) is 4.74 Å². The third-order valence-electron chi connectivity index (χ3n) is 2.20. The smallest absolute Gasteiger partial charge is 0.418 e. The summed E-state index contributed by atoms with van der Waals surface area (Å²) in [6, 6.07) is 3.61. The van der Waals surface area contributed by atoms with Crippen LogP contribution in [0.25, 0.3) is 11.3 Å². The SMILES string of the molecule is CC(C)(C)OC(=O)n1cccc1-c1cncnc1. The first-order valence-corrected chi connectivity index (χ1v) is 5.63. The molecular formula is C13H15N3O2. The zero-order valence-corrected chi connectivity index (χ0v) is 10.6. The molecule has 0 fully saturated rings. The zero-order valence-electron chi connectivity index (χ0n) is 10.6. The Kier molecular flexibility index (Phi) is 3.14. The second-order valence-corrected chi connectivity index (χ2v) is 4.87. The minimum atomic E-state index is -0.522. The highest BCUT2D eigenvalue weighted by Gasteiger charge is 2.19. The van der Waals surface area contributed by atoms with Gasteiger partial charge >= 0.3 is 6.09 Å². The predicted molar refractivity (Wildman–Crippen MR) is 67.1 cm³/mol. The molecule has 2 aromatic rings. The molecule has 0 aliphatic heterocycles. The summed E-state index contributed by atoms with van der Waals surface area (Å²) in [4.78, 5) is 19.9. The van der Waals surface area contributed by atoms with Gasteiger partial charge in [0, 0.05) is 24.2 Å². The number of rotatable bonds is 1. The number of hydrogen-bond donors (Lipinski definition) is 0. The van der Waals surface area contributed by atoms with Crippen LogP contribution in [0.5, 0.6) is 0 Å². The quantitative estimate of drug-likeness (QED) is 0.775. The van der Waals surface area contributed by atoms with Crippen LogP contribution in [0, 0.1) is 0 Å². The molecule has 5 heteroatoms. The topological polar surface area (TPSA) is 57.0 Å². The molecular weight excluding hydrogens is 230 g/mol. The van der Waals surface area contributed by atoms with E-state index in [0.29, 0.717) is 5.69 Å². The summed E-state index contributed by atoms with van der Waals surface area (Å²) in [6.45, 7) is 5.50. The van der Waals surface area contributed by atoms with Crippen molar-refractivity contribution < 1.29 is 9.53 Å². The van der Waals surface area contributed by atoms with Gasteiger partial charge in [0.15, 0.2) is 0 Å². The molecule has 0 N–H and O–H groups in total. The zero-order chi connectivity index (χ0) is 13.2. The van der Waals surface area contributed by atoms with Gasteiger partial charge in [0.05, 0.1) is 5.69 Å². The molecule has 2 heterocycles. The van der Waals surface area contributed by atoms with Gasteiger partial charge in [-0.2, -0.15) is 0 Å². The van der Waals surface area contributed by atoms with Gasteiger partial charge in [0.25, 0.3) is 0 Å². The number of hydrogen-bond acceptors (Lipinski definition) is 4. The van der Waals surface area contributed by atoms with Crippen LogP contribution < -0.4 is 0 Å². The fourth-order valence-corrected chi connectivity index (χ4v) is 1.52. The minimum Gasteiger partial charge on any atom is -0.443 e. The summed E-state index contributed by atoms with van der Waals surface area (Å²) in [5, 5.41) is 0. The monoisotopic (exact) mass is 245 g/mol. The molecule has 94 valence electrons. The Bertz CT molecular complexity index is 541. The average molecular weight is 245 g/mol. The lowest BCUT2D eigenvalue weighted by Gasteiger charge is -2.20. The van der Waals surface area contributed by atoms with E-state index in [0.717, 1.165) is 5.56 Å². The van der Waals surface area contributed by atoms with Crippen molar-refractivity contribution in [3.8, 4) is 11.3 Å². The maximum Gasteiger partial charge on any atom is 0.418 e. The molecule has 2 aromatic heterocycles. The number of nitrogens with zero attached hydrogens (tertiary/aromatic N) is 3. The Morgan fingerprint density at radius 3 is 2.56 bits per heavy atom. The van der Waals surface area contributed by atoms with Crippen molar-refractivity contribution in [2.45, 2.75) is 26.4 Å². The molecule has 0 amide bonds. The van der Waals surface area contributed by atoms with Gasteiger partial charge in [-0.15, -0.1) is 0 Å². The second-order valence-electron chi connectivity index (χ2n) is 4.87. The van der Waals surface area contributed by atoms with E-state index >= 15 is 0 Å². The summed E-state index contributed by atoms with van der Waals surface area (Å²) in [7, 11) is 0. The molecule has 18 heavy (non-hydrogen) atoms. The summed E-state index contributed by atoms with van der Waals surface area (Å²) in [5.74, 6) is 0. The predicted octanol–water partition coefficient (Wildman–Crippen LogP) is 2.73. The van der Waals surface area contributed by atoms with Crippen molar-refractivity contribution in [2.75, 3.05) is 0 Å². The number of ether oxygens (including phenoxy) is 1. The highest BCUT2D eigenvalue weighted by molar-refractivity contribution is 5.78. The molecule has 0 saturated carbocycles. The summed E-state index contributed by atoms with van der Waals surface area (Å²) in [6.07, 6.45) is 6.01. The van der Waals surface area contributed by atoms with Crippen molar-refractivity contribution in [3.05, 3.63) is 37.1 Å². The highest BCUT2D eigenvalue weighted by Crippen LogP contribution is 2.19. The van der Waals surface area contributed by atoms with E-state index in [1.165, 1.54) is 10.9 Å². The van der Waals surface area contributed by atoms with Crippen LogP contribution >= 0.6 is 0 Å². The van der Waals surface area contributed by atoms with Crippen LogP contribution in [0.3, 0.4) is 0 Å². The maximum atomic E-state index is 12.0. The number of carbonyl (C=O) groups is 1. The van der Waals surface area contributed by atoms with Crippen LogP contribution in [0.2, 0.25) is 0 Å². The molecule has 0 radical (unpaired) electrons. The van der Waals surface area contributed by atoms with E-state index in [-0.39, 0.29) is 0 Å². The van der Waals surface area contributed by atoms with Crippen molar-refractivity contribution >= 4 is 6.09 Å². The number of aromatic nitrogens is 3. The largest absolute Gasteiger partial charge is 0.443 e. The molecule has 0 unspecified atom stereocenters. The third-order valence-corrected chi connectivity index (χ3v) is 2.20. The van der Waals surface area contributed by atoms with Crippen LogP contribution in [0.15, 0.2) is 37.1 Å². The Morgan fingerprint density at radius 1 is 1.28 bits per heavy atom. The van der Waals surface area contributed by atoms with Gasteiger partial charge in [-0.3, -0.25) is 4.57 Å². The normalized spacial score (nSPS) is 11.3. The van der Waals surface area contributed by atoms with Gasteiger partial charge in [0.2, 0.25) is 0 Å². The lowest BCUT2D eigenvalue weighted by Crippen LogP contribution is -2.27. The molecule has 5 nitrogen and oxygen atoms in total. The average Bonchev–Trinajstić information content (AvgIpc) is 2.76. The summed E-state index contributed by atoms with van der Waals surface area (Å²) in [5.41, 5.74) is 0.962. The van der Waals surface area contributed by atoms with Crippen LogP contribution in [-0.2, 0) is 4.74 Å². The Hall–Kier alpha value is -2.17. The Morgan fingerprint density at radius 2 is 1.94 bits per heavy atom. The molecule has 0 aliphatic carbocycles. The van der Waals surface area contributed by atoms with Crippen molar-refractivity contribution in [3.63, 3.8) is 0 Å². The maximum absolute atomic E-state index is 12.0. The molecule has 2 rings (SSSR count). The van der Waals surface area contributed by atoms with Gasteiger partial charge < -0.3 is 4.74 Å². The summed E-state index contributed by atoms with van der Waals surface area (Å²) >= 11 is 0. The fourth-order valence-electron chi connectivity index (χ4n) is 1.52. The van der Waals surface area contributed by atoms with E-state index < -0.39 is 11.7 Å². The van der Waals surface area contributed by atoms with Crippen LogP contribution in [0.1, 0.15) is 20.8 Å². The molecule has 0 saturated heterocycles. The first kappa shape index (κ1) is 12.3. The Balaban J connectivity index is 2.32. The van der Waals surface area contributed by atoms with Crippen LogP contribution in [0.4, 0.5) is 4.79 Å². The lowest BCUT2D eigenvalue weighted by atomic mass is 10.2. The number of carbonyl (C=O) groups excluding carboxylic acids is 1. The van der Waals surface area contributed by atoms with Crippen molar-refractivity contribution in [1.29, 1.82) is 0 Å². The van der Waals surface area contributed by atoms with Gasteiger partial charge in [0.1, 0.15) is 11.9 Å². The summed E-state index contributed by atoms with van der Waals surface area (Å²) < 4.78 is 6.78. The molecule has 0 spiro atoms. The fraction of sp³-hybridized carbons (Fsp3) is 0.308. The van der Waals surface area contributed by atoms with Gasteiger partial charge in [-0.25, -0.2) is 14.8 Å². The van der Waals surface area contributed by atoms with E-state index in [9.17, 15) is 4.79 Å². The van der Waals surface area contributed by atoms with E-state index in [2.05, 4.69) is 9.97 Å². The molecule has 0 atom stereocenters. The first-order chi connectivity index (χ1) is 8.47. The third kappa shape index (κ3) is 2.74. The molecule has 0 aliphatic rings. The van der Waals surface area contributed by atoms with E-state index in [1.54, 1.807) is 24.7 Å². The minimum absolute atomic E-state index is 0.411. The molecule has 0 bridgehead atoms. The van der Waals surface area contributed by atoms with Crippen LogP contribution in [-0.4, -0.2) is 26.2 Å². The standard InChI is InChI=1S/C13H15N3O2/c1-13(2,3)18-12(17)16-6-4-5-11(16)10-7-14-9-15-8-10/h4-9H,1-3H3. The second kappa shape index (κ2) is 4.60.